The van der Waals surface area contributed by atoms with E-state index >= 15 is 0 Å². The van der Waals surface area contributed by atoms with Gasteiger partial charge < -0.3 is 0 Å². The highest BCUT2D eigenvalue weighted by Crippen LogP contribution is 2.40. The molecule has 0 fully saturated rings. The van der Waals surface area contributed by atoms with Gasteiger partial charge in [0.1, 0.15) is 0 Å². The first-order chi connectivity index (χ1) is 2.00. The van der Waals surface area contributed by atoms with Crippen molar-refractivity contribution < 1.29 is 0 Å². The summed E-state index contributed by atoms with van der Waals surface area (Å²) < 4.78 is 0. The summed E-state index contributed by atoms with van der Waals surface area (Å²) in [5, 5.41) is 0. The van der Waals surface area contributed by atoms with Gasteiger partial charge in [-0.05, 0) is 0 Å². The highest BCUT2D eigenvalue weighted by Gasteiger charge is 2.03. The number of rotatable bonds is 0. The molecule has 0 aromatic carbocycles. The molecule has 0 aliphatic rings. The van der Waals surface area contributed by atoms with E-state index in [0.29, 0.717) is 0 Å². The predicted molar refractivity (Wildman–Crippen MR) is 42.0 cm³/mol. The summed E-state index contributed by atoms with van der Waals surface area (Å²) >= 11 is 0. The summed E-state index contributed by atoms with van der Waals surface area (Å²) in [6.07, 6.45) is 0. The van der Waals surface area contributed by atoms with Gasteiger partial charge in [0.15, 0.2) is 0 Å². The van der Waals surface area contributed by atoms with Crippen molar-refractivity contribution >= 4 is 15.7 Å². The molecule has 0 N–H and O–H groups in total. The van der Waals surface area contributed by atoms with Crippen molar-refractivity contribution in [2.45, 2.75) is 0 Å². The van der Waals surface area contributed by atoms with Crippen LogP contribution in [0.5, 0.6) is 0 Å². The summed E-state index contributed by atoms with van der Waals surface area (Å²) in [5.74, 6) is 0. The Balaban J connectivity index is 0. The third-order valence-electron chi connectivity index (χ3n) is 0. The SMILES string of the molecule is C[P+](C)(C)C.[BH4-]. The monoisotopic (exact) mass is 106 g/mol. The van der Waals surface area contributed by atoms with E-state index in [1.54, 1.807) is 0 Å². The van der Waals surface area contributed by atoms with Gasteiger partial charge in [0.2, 0.25) is 0 Å². The molecule has 6 heavy (non-hydrogen) atoms. The molecule has 0 atom stereocenters. The van der Waals surface area contributed by atoms with Gasteiger partial charge in [0.05, 0.1) is 0 Å². The Morgan fingerprint density at radius 1 is 0.833 bits per heavy atom. The number of hydrogen-bond donors (Lipinski definition) is 0. The summed E-state index contributed by atoms with van der Waals surface area (Å²) in [6, 6.07) is 0. The molecule has 0 aromatic rings. The molecule has 2 heteroatoms. The molecule has 0 spiro atoms. The molecule has 0 aliphatic heterocycles. The van der Waals surface area contributed by atoms with Crippen molar-refractivity contribution in [1.82, 2.24) is 0 Å². The first kappa shape index (κ1) is 9.71. The lowest BCUT2D eigenvalue weighted by molar-refractivity contribution is 1.95. The van der Waals surface area contributed by atoms with Crippen LogP contribution in [0.2, 0.25) is 0 Å². The predicted octanol–water partition coefficient (Wildman–Crippen LogP) is 0.0716. The summed E-state index contributed by atoms with van der Waals surface area (Å²) in [7, 11) is -0.389. The highest BCUT2D eigenvalue weighted by atomic mass is 31.2. The van der Waals surface area contributed by atoms with Gasteiger partial charge in [-0.25, -0.2) is 0 Å². The lowest BCUT2D eigenvalue weighted by Gasteiger charge is -1.97. The van der Waals surface area contributed by atoms with Crippen molar-refractivity contribution in [3.8, 4) is 0 Å². The van der Waals surface area contributed by atoms with Gasteiger partial charge in [-0.1, -0.05) is 8.41 Å². The second kappa shape index (κ2) is 2.63. The van der Waals surface area contributed by atoms with Crippen LogP contribution < -0.4 is 0 Å². The molecule has 0 saturated carbocycles. The lowest BCUT2D eigenvalue weighted by Crippen LogP contribution is -1.74. The zero-order valence-electron chi connectivity index (χ0n) is 4.45. The van der Waals surface area contributed by atoms with E-state index in [2.05, 4.69) is 26.7 Å². The average molecular weight is 106 g/mol. The zero-order chi connectivity index (χ0) is 4.50. The maximum absolute atomic E-state index is 2.30. The first-order valence-electron chi connectivity index (χ1n) is 1.79. The van der Waals surface area contributed by atoms with Crippen LogP contribution >= 0.6 is 7.26 Å². The molecule has 0 rings (SSSR count). The van der Waals surface area contributed by atoms with Crippen LogP contribution in [0.25, 0.3) is 0 Å². The van der Waals surface area contributed by atoms with Crippen molar-refractivity contribution in [2.24, 2.45) is 0 Å². The maximum atomic E-state index is 2.30. The Morgan fingerprint density at radius 2 is 0.833 bits per heavy atom. The van der Waals surface area contributed by atoms with Crippen LogP contribution in [0, 0.1) is 0 Å². The first-order valence-corrected chi connectivity index (χ1v) is 5.37. The standard InChI is InChI=1S/C4H12P.BH4/c1-5(2,3)4;/h1-4H3;1H4/q+1;-1. The van der Waals surface area contributed by atoms with E-state index < -0.39 is 0 Å². The molecule has 40 valence electrons. The van der Waals surface area contributed by atoms with E-state index in [1.165, 1.54) is 0 Å². The summed E-state index contributed by atoms with van der Waals surface area (Å²) in [5.41, 5.74) is 0. The fourth-order valence-corrected chi connectivity index (χ4v) is 0. The molecular formula is C4H16BP. The Labute approximate surface area is 43.2 Å². The van der Waals surface area contributed by atoms with Crippen LogP contribution in [-0.4, -0.2) is 35.1 Å². The van der Waals surface area contributed by atoms with Crippen molar-refractivity contribution in [2.75, 3.05) is 26.7 Å². The minimum absolute atomic E-state index is 0. The Bertz CT molecular complexity index is 23.0. The third kappa shape index (κ3) is 224. The minimum atomic E-state index is -0.389. The zero-order valence-corrected chi connectivity index (χ0v) is 5.34. The third-order valence-corrected chi connectivity index (χ3v) is 0. The van der Waals surface area contributed by atoms with E-state index in [4.69, 9.17) is 0 Å². The van der Waals surface area contributed by atoms with Crippen LogP contribution in [0.1, 0.15) is 0 Å². The fourth-order valence-electron chi connectivity index (χ4n) is 0. The average Bonchev–Trinajstić information content (AvgIpc) is 0.722. The second-order valence-electron chi connectivity index (χ2n) is 2.68. The topological polar surface area (TPSA) is 0 Å². The van der Waals surface area contributed by atoms with E-state index in [-0.39, 0.29) is 15.7 Å². The highest BCUT2D eigenvalue weighted by molar-refractivity contribution is 7.72. The Kier molecular flexibility index (Phi) is 4.26. The molecule has 0 amide bonds. The molecule has 0 radical (unpaired) electrons. The summed E-state index contributed by atoms with van der Waals surface area (Å²) in [4.78, 5) is 0. The van der Waals surface area contributed by atoms with E-state index in [9.17, 15) is 0 Å². The van der Waals surface area contributed by atoms with E-state index in [0.717, 1.165) is 0 Å². The molecule has 0 aliphatic carbocycles. The van der Waals surface area contributed by atoms with E-state index in [1.807, 2.05) is 0 Å². The van der Waals surface area contributed by atoms with Crippen molar-refractivity contribution in [3.63, 3.8) is 0 Å². The van der Waals surface area contributed by atoms with Crippen molar-refractivity contribution in [1.29, 1.82) is 0 Å². The lowest BCUT2D eigenvalue weighted by atomic mass is 10.8. The van der Waals surface area contributed by atoms with Crippen LogP contribution in [0.15, 0.2) is 0 Å². The van der Waals surface area contributed by atoms with Gasteiger partial charge in [-0.2, -0.15) is 0 Å². The maximum Gasteiger partial charge on any atom is 0.0481 e. The van der Waals surface area contributed by atoms with Gasteiger partial charge >= 0.3 is 0 Å². The molecule has 0 bridgehead atoms. The summed E-state index contributed by atoms with van der Waals surface area (Å²) in [6.45, 7) is 9.19. The molecule has 0 aromatic heterocycles. The minimum Gasteiger partial charge on any atom is -0.0626 e. The van der Waals surface area contributed by atoms with Gasteiger partial charge in [0.25, 0.3) is 0 Å². The molecule has 0 heterocycles. The Morgan fingerprint density at radius 3 is 0.833 bits per heavy atom. The van der Waals surface area contributed by atoms with Gasteiger partial charge in [-0.15, -0.1) is 0 Å². The van der Waals surface area contributed by atoms with Crippen LogP contribution in [0.4, 0.5) is 0 Å². The smallest absolute Gasteiger partial charge is 0.0481 e. The van der Waals surface area contributed by atoms with Gasteiger partial charge in [0, 0.05) is 33.9 Å². The quantitative estimate of drug-likeness (QED) is 0.303. The van der Waals surface area contributed by atoms with Crippen molar-refractivity contribution in [3.05, 3.63) is 0 Å². The van der Waals surface area contributed by atoms with Crippen LogP contribution in [-0.2, 0) is 0 Å². The Hall–Kier alpha value is 0.495. The molecule has 0 nitrogen and oxygen atoms in total. The largest absolute Gasteiger partial charge is 0.0626 e. The molecular weight excluding hydrogens is 89.8 g/mol. The molecule has 0 saturated heterocycles. The number of hydrogen-bond acceptors (Lipinski definition) is 0. The van der Waals surface area contributed by atoms with Crippen LogP contribution in [0.3, 0.4) is 0 Å². The fraction of sp³-hybridized carbons (Fsp3) is 1.00. The normalized spacial score (nSPS) is 10.0. The second-order valence-corrected chi connectivity index (χ2v) is 8.05. The van der Waals surface area contributed by atoms with Gasteiger partial charge in [-0.3, -0.25) is 0 Å². The molecule has 0 unspecified atom stereocenters.